The molecular formula is C16H15N5O2. The Bertz CT molecular complexity index is 872. The molecule has 7 nitrogen and oxygen atoms in total. The van der Waals surface area contributed by atoms with Gasteiger partial charge in [-0.25, -0.2) is 9.78 Å². The summed E-state index contributed by atoms with van der Waals surface area (Å²) < 4.78 is 0. The summed E-state index contributed by atoms with van der Waals surface area (Å²) in [5, 5.41) is 8.13. The lowest BCUT2D eigenvalue weighted by Gasteiger charge is -2.09. The maximum Gasteiger partial charge on any atom is 0.323 e. The molecule has 0 saturated heterocycles. The number of rotatable bonds is 3. The number of nitrogens with one attached hydrogen (secondary N) is 4. The van der Waals surface area contributed by atoms with Crippen LogP contribution in [0.4, 0.5) is 21.9 Å². The average Bonchev–Trinajstić information content (AvgIpc) is 2.94. The van der Waals surface area contributed by atoms with E-state index in [1.54, 1.807) is 42.7 Å². The Morgan fingerprint density at radius 2 is 1.65 bits per heavy atom. The number of hydrogen-bond acceptors (Lipinski definition) is 3. The van der Waals surface area contributed by atoms with Gasteiger partial charge in [-0.3, -0.25) is 4.79 Å². The van der Waals surface area contributed by atoms with Crippen LogP contribution in [-0.4, -0.2) is 21.9 Å². The van der Waals surface area contributed by atoms with Gasteiger partial charge in [-0.05, 0) is 36.4 Å². The normalized spacial score (nSPS) is 10.3. The SMILES string of the molecule is CC(=O)Nc1cccc(NC(=O)Nc2ccc3nc[nH]c3c2)c1. The second-order valence-corrected chi connectivity index (χ2v) is 4.98. The van der Waals surface area contributed by atoms with Gasteiger partial charge in [0, 0.05) is 24.0 Å². The minimum absolute atomic E-state index is 0.167. The molecule has 116 valence electrons. The van der Waals surface area contributed by atoms with E-state index in [1.807, 2.05) is 6.07 Å². The number of amides is 3. The van der Waals surface area contributed by atoms with Crippen molar-refractivity contribution in [1.82, 2.24) is 9.97 Å². The summed E-state index contributed by atoms with van der Waals surface area (Å²) in [6.45, 7) is 1.43. The first-order chi connectivity index (χ1) is 11.1. The predicted octanol–water partition coefficient (Wildman–Crippen LogP) is 3.17. The number of aromatic nitrogens is 2. The molecule has 3 rings (SSSR count). The highest BCUT2D eigenvalue weighted by Gasteiger charge is 2.05. The molecule has 3 aromatic rings. The van der Waals surface area contributed by atoms with Crippen LogP contribution >= 0.6 is 0 Å². The summed E-state index contributed by atoms with van der Waals surface area (Å²) in [4.78, 5) is 30.2. The zero-order chi connectivity index (χ0) is 16.2. The van der Waals surface area contributed by atoms with Gasteiger partial charge < -0.3 is 20.9 Å². The molecule has 2 aromatic carbocycles. The van der Waals surface area contributed by atoms with Crippen molar-refractivity contribution in [2.75, 3.05) is 16.0 Å². The number of carbonyl (C=O) groups excluding carboxylic acids is 2. The van der Waals surface area contributed by atoms with Crippen molar-refractivity contribution in [3.05, 3.63) is 48.8 Å². The number of hydrogen-bond donors (Lipinski definition) is 4. The fourth-order valence-corrected chi connectivity index (χ4v) is 2.18. The summed E-state index contributed by atoms with van der Waals surface area (Å²) in [6, 6.07) is 11.9. The zero-order valence-electron chi connectivity index (χ0n) is 12.4. The quantitative estimate of drug-likeness (QED) is 0.598. The van der Waals surface area contributed by atoms with Crippen molar-refractivity contribution in [3.8, 4) is 0 Å². The van der Waals surface area contributed by atoms with Crippen LogP contribution in [0, 0.1) is 0 Å². The molecule has 4 N–H and O–H groups in total. The topological polar surface area (TPSA) is 98.9 Å². The van der Waals surface area contributed by atoms with Crippen molar-refractivity contribution in [1.29, 1.82) is 0 Å². The molecule has 0 saturated carbocycles. The third kappa shape index (κ3) is 3.65. The van der Waals surface area contributed by atoms with E-state index in [-0.39, 0.29) is 11.9 Å². The first-order valence-corrected chi connectivity index (χ1v) is 6.99. The van der Waals surface area contributed by atoms with Gasteiger partial charge in [0.25, 0.3) is 0 Å². The standard InChI is InChI=1S/C16H15N5O2/c1-10(22)19-11-3-2-4-12(7-11)20-16(23)21-13-5-6-14-15(8-13)18-9-17-14/h2-9H,1H3,(H,17,18)(H,19,22)(H2,20,21,23). The summed E-state index contributed by atoms with van der Waals surface area (Å²) >= 11 is 0. The molecule has 0 spiro atoms. The van der Waals surface area contributed by atoms with Gasteiger partial charge in [-0.2, -0.15) is 0 Å². The first-order valence-electron chi connectivity index (χ1n) is 6.99. The molecule has 0 aliphatic carbocycles. The van der Waals surface area contributed by atoms with Crippen molar-refractivity contribution in [2.45, 2.75) is 6.92 Å². The van der Waals surface area contributed by atoms with Gasteiger partial charge in [0.1, 0.15) is 0 Å². The van der Waals surface area contributed by atoms with E-state index in [0.29, 0.717) is 17.1 Å². The second-order valence-electron chi connectivity index (χ2n) is 4.98. The Morgan fingerprint density at radius 1 is 0.957 bits per heavy atom. The maximum absolute atomic E-state index is 12.1. The lowest BCUT2D eigenvalue weighted by Crippen LogP contribution is -2.19. The number of benzene rings is 2. The Morgan fingerprint density at radius 3 is 2.39 bits per heavy atom. The van der Waals surface area contributed by atoms with Gasteiger partial charge in [0.05, 0.1) is 17.4 Å². The lowest BCUT2D eigenvalue weighted by atomic mass is 10.2. The van der Waals surface area contributed by atoms with Crippen LogP contribution in [-0.2, 0) is 4.79 Å². The van der Waals surface area contributed by atoms with Crippen LogP contribution in [0.1, 0.15) is 6.92 Å². The van der Waals surface area contributed by atoms with Gasteiger partial charge in [0.15, 0.2) is 0 Å². The summed E-state index contributed by atoms with van der Waals surface area (Å²) in [5.74, 6) is -0.167. The number of anilines is 3. The van der Waals surface area contributed by atoms with Crippen molar-refractivity contribution >= 4 is 40.0 Å². The van der Waals surface area contributed by atoms with Crippen molar-refractivity contribution < 1.29 is 9.59 Å². The van der Waals surface area contributed by atoms with Crippen LogP contribution in [0.5, 0.6) is 0 Å². The molecule has 0 fully saturated rings. The van der Waals surface area contributed by atoms with Gasteiger partial charge in [-0.1, -0.05) is 6.07 Å². The number of H-pyrrole nitrogens is 1. The fourth-order valence-electron chi connectivity index (χ4n) is 2.18. The van der Waals surface area contributed by atoms with E-state index in [4.69, 9.17) is 0 Å². The molecule has 23 heavy (non-hydrogen) atoms. The highest BCUT2D eigenvalue weighted by molar-refractivity contribution is 6.01. The minimum Gasteiger partial charge on any atom is -0.345 e. The van der Waals surface area contributed by atoms with E-state index >= 15 is 0 Å². The average molecular weight is 309 g/mol. The monoisotopic (exact) mass is 309 g/mol. The number of urea groups is 1. The van der Waals surface area contributed by atoms with Crippen molar-refractivity contribution in [2.24, 2.45) is 0 Å². The molecule has 7 heteroatoms. The molecular weight excluding hydrogens is 294 g/mol. The zero-order valence-corrected chi connectivity index (χ0v) is 12.4. The molecule has 0 unspecified atom stereocenters. The van der Waals surface area contributed by atoms with E-state index < -0.39 is 0 Å². The van der Waals surface area contributed by atoms with Crippen molar-refractivity contribution in [3.63, 3.8) is 0 Å². The Hall–Kier alpha value is -3.35. The molecule has 0 aliphatic rings. The molecule has 0 bridgehead atoms. The molecule has 1 heterocycles. The fraction of sp³-hybridized carbons (Fsp3) is 0.0625. The van der Waals surface area contributed by atoms with E-state index in [0.717, 1.165) is 11.0 Å². The Labute approximate surface area is 132 Å². The third-order valence-electron chi connectivity index (χ3n) is 3.12. The summed E-state index contributed by atoms with van der Waals surface area (Å²) in [5.41, 5.74) is 3.53. The van der Waals surface area contributed by atoms with E-state index in [9.17, 15) is 9.59 Å². The maximum atomic E-state index is 12.1. The lowest BCUT2D eigenvalue weighted by molar-refractivity contribution is -0.114. The largest absolute Gasteiger partial charge is 0.345 e. The van der Waals surface area contributed by atoms with E-state index in [1.165, 1.54) is 6.92 Å². The molecule has 3 amide bonds. The number of carbonyl (C=O) groups is 2. The first kappa shape index (κ1) is 14.6. The second kappa shape index (κ2) is 6.18. The summed E-state index contributed by atoms with van der Waals surface area (Å²) in [6.07, 6.45) is 1.60. The smallest absolute Gasteiger partial charge is 0.323 e. The summed E-state index contributed by atoms with van der Waals surface area (Å²) in [7, 11) is 0. The number of aromatic amines is 1. The minimum atomic E-state index is -0.371. The van der Waals surface area contributed by atoms with Crippen LogP contribution in [0.25, 0.3) is 11.0 Å². The van der Waals surface area contributed by atoms with Gasteiger partial charge in [0.2, 0.25) is 5.91 Å². The van der Waals surface area contributed by atoms with Crippen LogP contribution < -0.4 is 16.0 Å². The van der Waals surface area contributed by atoms with Gasteiger partial charge >= 0.3 is 6.03 Å². The van der Waals surface area contributed by atoms with Gasteiger partial charge in [-0.15, -0.1) is 0 Å². The number of imidazole rings is 1. The molecule has 1 aromatic heterocycles. The number of nitrogens with zero attached hydrogens (tertiary/aromatic N) is 1. The van der Waals surface area contributed by atoms with E-state index in [2.05, 4.69) is 25.9 Å². The molecule has 0 atom stereocenters. The Balaban J connectivity index is 1.67. The van der Waals surface area contributed by atoms with Crippen LogP contribution in [0.2, 0.25) is 0 Å². The molecule has 0 radical (unpaired) electrons. The molecule has 0 aliphatic heterocycles. The number of fused-ring (bicyclic) bond motifs is 1. The highest BCUT2D eigenvalue weighted by atomic mass is 16.2. The Kier molecular flexibility index (Phi) is 3.92. The predicted molar refractivity (Wildman–Crippen MR) is 89.5 cm³/mol. The van der Waals surface area contributed by atoms with Crippen LogP contribution in [0.15, 0.2) is 48.8 Å². The van der Waals surface area contributed by atoms with Crippen LogP contribution in [0.3, 0.4) is 0 Å². The highest BCUT2D eigenvalue weighted by Crippen LogP contribution is 2.17. The third-order valence-corrected chi connectivity index (χ3v) is 3.12.